The van der Waals surface area contributed by atoms with E-state index in [1.54, 1.807) is 11.8 Å². The lowest BCUT2D eigenvalue weighted by molar-refractivity contribution is -0.395. The number of rotatable bonds is 5. The first kappa shape index (κ1) is 24.8. The molecule has 0 radical (unpaired) electrons. The number of aryl methyl sites for hydroxylation is 2. The van der Waals surface area contributed by atoms with Gasteiger partial charge in [-0.15, -0.1) is 5.92 Å². The summed E-state index contributed by atoms with van der Waals surface area (Å²) < 4.78 is 5.58. The SMILES string of the molecule is CC#Cc1cc(C)c(C2C(=O)CC3(CCN(C(=O)COCc4cccc[nH+]4)CC3)CC2=O)c(C)c1. The second-order valence-electron chi connectivity index (χ2n) is 9.88. The molecule has 1 amide bonds. The molecule has 1 aliphatic carbocycles. The second-order valence-corrected chi connectivity index (χ2v) is 9.88. The number of hydrogen-bond acceptors (Lipinski definition) is 4. The summed E-state index contributed by atoms with van der Waals surface area (Å²) in [5.41, 5.74) is 4.21. The maximum absolute atomic E-state index is 13.3. The average molecular weight is 474 g/mol. The Bertz CT molecular complexity index is 1140. The topological polar surface area (TPSA) is 77.8 Å². The van der Waals surface area contributed by atoms with Crippen molar-refractivity contribution < 1.29 is 24.1 Å². The van der Waals surface area contributed by atoms with E-state index in [2.05, 4.69) is 16.8 Å². The molecule has 6 heteroatoms. The molecule has 0 atom stereocenters. The van der Waals surface area contributed by atoms with E-state index in [0.717, 1.165) is 27.9 Å². The van der Waals surface area contributed by atoms with E-state index in [-0.39, 0.29) is 29.5 Å². The van der Waals surface area contributed by atoms with Crippen LogP contribution in [0.15, 0.2) is 36.5 Å². The highest BCUT2D eigenvalue weighted by atomic mass is 16.5. The number of aromatic nitrogens is 1. The van der Waals surface area contributed by atoms with Gasteiger partial charge in [0, 0.05) is 43.6 Å². The zero-order valence-electron chi connectivity index (χ0n) is 20.8. The molecule has 1 aromatic carbocycles. The van der Waals surface area contributed by atoms with E-state index < -0.39 is 5.92 Å². The van der Waals surface area contributed by atoms with Gasteiger partial charge in [0.1, 0.15) is 30.7 Å². The van der Waals surface area contributed by atoms with Crippen molar-refractivity contribution in [3.05, 3.63) is 64.5 Å². The zero-order valence-corrected chi connectivity index (χ0v) is 20.8. The summed E-state index contributed by atoms with van der Waals surface area (Å²) in [5.74, 6) is 5.23. The van der Waals surface area contributed by atoms with Crippen LogP contribution in [-0.4, -0.2) is 42.1 Å². The van der Waals surface area contributed by atoms with E-state index in [1.165, 1.54) is 0 Å². The Morgan fingerprint density at radius 1 is 1.11 bits per heavy atom. The van der Waals surface area contributed by atoms with Gasteiger partial charge in [0.25, 0.3) is 0 Å². The van der Waals surface area contributed by atoms with Crippen molar-refractivity contribution in [2.75, 3.05) is 19.7 Å². The van der Waals surface area contributed by atoms with Crippen molar-refractivity contribution in [2.45, 2.75) is 59.0 Å². The van der Waals surface area contributed by atoms with Crippen LogP contribution in [0.1, 0.15) is 66.5 Å². The number of likely N-dealkylation sites (tertiary alicyclic amines) is 1. The third-order valence-electron chi connectivity index (χ3n) is 7.33. The maximum Gasteiger partial charge on any atom is 0.248 e. The number of nitrogens with zero attached hydrogens (tertiary/aromatic N) is 1. The molecular weight excluding hydrogens is 440 g/mol. The van der Waals surface area contributed by atoms with Gasteiger partial charge in [-0.25, -0.2) is 4.98 Å². The van der Waals surface area contributed by atoms with Crippen molar-refractivity contribution >= 4 is 17.5 Å². The summed E-state index contributed by atoms with van der Waals surface area (Å²) in [7, 11) is 0. The lowest BCUT2D eigenvalue weighted by Gasteiger charge is -2.44. The van der Waals surface area contributed by atoms with Crippen LogP contribution in [0, 0.1) is 31.1 Å². The highest BCUT2D eigenvalue weighted by Crippen LogP contribution is 2.46. The Morgan fingerprint density at radius 3 is 2.34 bits per heavy atom. The molecule has 0 bridgehead atoms. The Hall–Kier alpha value is -3.30. The Morgan fingerprint density at radius 2 is 1.77 bits per heavy atom. The molecule has 182 valence electrons. The largest absolute Gasteiger partial charge is 0.361 e. The fourth-order valence-corrected chi connectivity index (χ4v) is 5.60. The minimum atomic E-state index is -0.688. The van der Waals surface area contributed by atoms with E-state index in [1.807, 2.05) is 50.4 Å². The third kappa shape index (κ3) is 5.52. The summed E-state index contributed by atoms with van der Waals surface area (Å²) in [6, 6.07) is 9.65. The maximum atomic E-state index is 13.3. The number of amides is 1. The first-order valence-electron chi connectivity index (χ1n) is 12.2. The molecule has 0 unspecified atom stereocenters. The fourth-order valence-electron chi connectivity index (χ4n) is 5.60. The van der Waals surface area contributed by atoms with Crippen molar-refractivity contribution in [3.8, 4) is 11.8 Å². The lowest BCUT2D eigenvalue weighted by Crippen LogP contribution is -2.49. The van der Waals surface area contributed by atoms with E-state index in [4.69, 9.17) is 4.74 Å². The number of nitrogens with one attached hydrogen (secondary N) is 1. The number of hydrogen-bond donors (Lipinski definition) is 0. The number of Topliss-reactive ketones (excluding diaryl/α,β-unsaturated/α-hetero) is 2. The molecule has 1 N–H and O–H groups in total. The third-order valence-corrected chi connectivity index (χ3v) is 7.33. The molecule has 2 heterocycles. The predicted octanol–water partition coefficient (Wildman–Crippen LogP) is 3.33. The Balaban J connectivity index is 1.36. The normalized spacial score (nSPS) is 17.9. The zero-order chi connectivity index (χ0) is 25.0. The number of benzene rings is 1. The Kier molecular flexibility index (Phi) is 7.47. The van der Waals surface area contributed by atoms with Crippen LogP contribution in [0.5, 0.6) is 0 Å². The van der Waals surface area contributed by atoms with Crippen LogP contribution >= 0.6 is 0 Å². The standard InChI is InChI=1S/C29H32N2O4/c1-4-7-22-14-20(2)27(21(3)15-22)28-24(32)16-29(17-25(28)33)9-12-31(13-10-29)26(34)19-35-18-23-8-5-6-11-30-23/h5-6,8,11,14-15,28H,9-10,12-13,16-19H2,1-3H3/p+1. The summed E-state index contributed by atoms with van der Waals surface area (Å²) in [6.07, 6.45) is 3.93. The van der Waals surface area contributed by atoms with Gasteiger partial charge in [-0.1, -0.05) is 12.0 Å². The Labute approximate surface area is 207 Å². The number of carbonyl (C=O) groups excluding carboxylic acids is 3. The molecule has 1 spiro atoms. The van der Waals surface area contributed by atoms with Crippen molar-refractivity contribution in [3.63, 3.8) is 0 Å². The average Bonchev–Trinajstić information content (AvgIpc) is 2.81. The van der Waals surface area contributed by atoms with Gasteiger partial charge in [-0.2, -0.15) is 0 Å². The molecular formula is C29H33N2O4+. The first-order chi connectivity index (χ1) is 16.8. The van der Waals surface area contributed by atoms with Crippen molar-refractivity contribution in [1.82, 2.24) is 4.90 Å². The first-order valence-corrected chi connectivity index (χ1v) is 12.2. The van der Waals surface area contributed by atoms with Gasteiger partial charge in [0.15, 0.2) is 6.20 Å². The molecule has 1 saturated carbocycles. The van der Waals surface area contributed by atoms with Gasteiger partial charge in [0.05, 0.1) is 0 Å². The van der Waals surface area contributed by atoms with Crippen LogP contribution in [-0.2, 0) is 25.7 Å². The molecule has 6 nitrogen and oxygen atoms in total. The highest BCUT2D eigenvalue weighted by Gasteiger charge is 2.47. The summed E-state index contributed by atoms with van der Waals surface area (Å²) in [5, 5.41) is 0. The van der Waals surface area contributed by atoms with Gasteiger partial charge < -0.3 is 9.64 Å². The van der Waals surface area contributed by atoms with Crippen molar-refractivity contribution in [1.29, 1.82) is 0 Å². The number of carbonyl (C=O) groups is 3. The predicted molar refractivity (Wildman–Crippen MR) is 131 cm³/mol. The van der Waals surface area contributed by atoms with Gasteiger partial charge in [0.2, 0.25) is 11.6 Å². The van der Waals surface area contributed by atoms with Crippen molar-refractivity contribution in [2.24, 2.45) is 5.41 Å². The van der Waals surface area contributed by atoms with Crippen LogP contribution in [0.2, 0.25) is 0 Å². The van der Waals surface area contributed by atoms with Crippen LogP contribution < -0.4 is 4.98 Å². The number of piperidine rings is 1. The number of ether oxygens (including phenoxy) is 1. The molecule has 2 fully saturated rings. The second kappa shape index (κ2) is 10.5. The van der Waals surface area contributed by atoms with Crippen LogP contribution in [0.25, 0.3) is 0 Å². The molecule has 2 aliphatic rings. The van der Waals surface area contributed by atoms with Gasteiger partial charge in [-0.05, 0) is 67.9 Å². The van der Waals surface area contributed by atoms with E-state index in [9.17, 15) is 14.4 Å². The van der Waals surface area contributed by atoms with Crippen LogP contribution in [0.4, 0.5) is 0 Å². The van der Waals surface area contributed by atoms with Crippen LogP contribution in [0.3, 0.4) is 0 Å². The van der Waals surface area contributed by atoms with E-state index in [0.29, 0.717) is 45.4 Å². The number of aromatic amines is 1. The molecule has 1 saturated heterocycles. The summed E-state index contributed by atoms with van der Waals surface area (Å²) in [4.78, 5) is 44.2. The summed E-state index contributed by atoms with van der Waals surface area (Å²) >= 11 is 0. The quantitative estimate of drug-likeness (QED) is 0.493. The summed E-state index contributed by atoms with van der Waals surface area (Å²) in [6.45, 7) is 7.17. The smallest absolute Gasteiger partial charge is 0.248 e. The number of ketones is 2. The number of H-pyrrole nitrogens is 1. The molecule has 35 heavy (non-hydrogen) atoms. The monoisotopic (exact) mass is 473 g/mol. The van der Waals surface area contributed by atoms with Gasteiger partial charge in [-0.3, -0.25) is 14.4 Å². The lowest BCUT2D eigenvalue weighted by atomic mass is 9.62. The molecule has 4 rings (SSSR count). The highest BCUT2D eigenvalue weighted by molar-refractivity contribution is 6.10. The molecule has 1 aromatic heterocycles. The number of pyridine rings is 1. The fraction of sp³-hybridized carbons (Fsp3) is 0.448. The van der Waals surface area contributed by atoms with E-state index >= 15 is 0 Å². The van der Waals surface area contributed by atoms with Gasteiger partial charge >= 0.3 is 0 Å². The minimum absolute atomic E-state index is 0.00370. The molecule has 1 aliphatic heterocycles. The molecule has 2 aromatic rings. The minimum Gasteiger partial charge on any atom is -0.361 e.